The average molecular weight is 2080 g/mol. The van der Waals surface area contributed by atoms with E-state index in [1.807, 2.05) is 0 Å². The minimum atomic E-state index is -5.03. The molecule has 22 nitrogen and oxygen atoms in total. The van der Waals surface area contributed by atoms with E-state index in [0.29, 0.717) is 123 Å². The monoisotopic (exact) mass is 2080 g/mol. The lowest BCUT2D eigenvalue weighted by Gasteiger charge is -2.15. The van der Waals surface area contributed by atoms with Gasteiger partial charge in [-0.05, 0) is 180 Å². The predicted molar refractivity (Wildman–Crippen MR) is 481 cm³/mol. The third-order valence-electron chi connectivity index (χ3n) is 21.4. The van der Waals surface area contributed by atoms with Crippen LogP contribution in [0.5, 0.6) is 11.5 Å². The van der Waals surface area contributed by atoms with Crippen molar-refractivity contribution in [3.05, 3.63) is 344 Å². The Morgan fingerprint density at radius 1 is 0.308 bits per heavy atom. The van der Waals surface area contributed by atoms with Gasteiger partial charge < -0.3 is 18.6 Å². The molecule has 8 aromatic carbocycles. The summed E-state index contributed by atoms with van der Waals surface area (Å²) in [6.07, 6.45) is -19.3. The molecule has 726 valence electrons. The Morgan fingerprint density at radius 3 is 1.14 bits per heavy atom. The van der Waals surface area contributed by atoms with Crippen LogP contribution in [0.3, 0.4) is 0 Å². The van der Waals surface area contributed by atoms with Gasteiger partial charge in [0.15, 0.2) is 11.6 Å². The van der Waals surface area contributed by atoms with E-state index in [4.69, 9.17) is 9.47 Å². The van der Waals surface area contributed by atoms with Gasteiger partial charge in [0, 0.05) is 80.4 Å². The van der Waals surface area contributed by atoms with Crippen LogP contribution in [0, 0.1) is 23.3 Å². The maximum absolute atomic E-state index is 14.3. The molecule has 0 saturated carbocycles. The van der Waals surface area contributed by atoms with Gasteiger partial charge >= 0.3 is 37.1 Å². The predicted octanol–water partition coefficient (Wildman–Crippen LogP) is 25.8. The van der Waals surface area contributed by atoms with Crippen LogP contribution in [0.25, 0.3) is 134 Å². The van der Waals surface area contributed by atoms with Gasteiger partial charge in [0.1, 0.15) is 71.9 Å². The average Bonchev–Trinajstić information content (AvgIpc) is 1.59. The molecule has 12 heterocycles. The topological polar surface area (TPSA) is 244 Å². The standard InChI is InChI=1S/2C25H14F7N5.C23H14BrF4N5OS.C23H15F4N5OS/c26-19-4-2-1-3-17(19)21-10-22-23(34-21)12-37(13-33-22)11-15-6-8-20(36-35-15)16-7-5-14(24(27,28)29)9-18(16)25(30,31)32;26-20-4-2-1-3-18(20)22-11-14-9-10-37(36-23(14)33-22)13-16-6-8-21(35-34-16)17-7-5-15(24(27,28)29)12-19(17)25(30,31)32;1-34-12-6-7-13(15(8-12)23(26,27)28)22-32-31-18(35-22)10-33-9-17-21(29-11-33)19(24)20(30-17)14-4-2-3-5-16(14)25;1-33-14-6-7-15(17(11-14)23(25,26)27)22-30-29-20(34-22)12-32-9-8-13-10-19(28-21(13)31-32)16-4-2-3-5-18(16)24/h1-10,12-13H,11H2;1-12H,13H2;2-9,11H,10H2,1H3;2-11H,12H2,1H3. The Morgan fingerprint density at radius 2 is 0.706 bits per heavy atom. The lowest BCUT2D eigenvalue weighted by atomic mass is 10.00. The Bertz CT molecular complexity index is 7620. The van der Waals surface area contributed by atoms with Crippen LogP contribution in [0.4, 0.5) is 96.6 Å². The maximum atomic E-state index is 14.3. The molecule has 0 radical (unpaired) electrons. The van der Waals surface area contributed by atoms with E-state index in [1.54, 1.807) is 148 Å². The van der Waals surface area contributed by atoms with Crippen LogP contribution in [0.15, 0.2) is 266 Å². The highest BCUT2D eigenvalue weighted by Crippen LogP contribution is 2.48. The van der Waals surface area contributed by atoms with Crippen molar-refractivity contribution in [3.63, 3.8) is 0 Å². The first-order chi connectivity index (χ1) is 68.0. The second-order valence-electron chi connectivity index (χ2n) is 31.0. The first-order valence-electron chi connectivity index (χ1n) is 41.4. The Balaban J connectivity index is 0.000000131. The molecule has 0 fully saturated rings. The van der Waals surface area contributed by atoms with Gasteiger partial charge in [0.05, 0.1) is 142 Å². The number of fused-ring (bicyclic) bond motifs is 4. The molecule has 12 aromatic rings. The van der Waals surface area contributed by atoms with Gasteiger partial charge in [-0.15, -0.1) is 20.4 Å². The van der Waals surface area contributed by atoms with Crippen molar-refractivity contribution in [2.24, 2.45) is 0 Å². The zero-order valence-electron chi connectivity index (χ0n) is 72.4. The molecule has 47 heteroatoms. The lowest BCUT2D eigenvalue weighted by Crippen LogP contribution is -2.13. The fourth-order valence-corrected chi connectivity index (χ4v) is 17.0. The molecule has 8 aliphatic rings. The van der Waals surface area contributed by atoms with Gasteiger partial charge in [-0.25, -0.2) is 47.5 Å². The first-order valence-corrected chi connectivity index (χ1v) is 43.9. The molecule has 0 saturated heterocycles. The van der Waals surface area contributed by atoms with Crippen molar-refractivity contribution in [3.8, 4) is 146 Å². The maximum Gasteiger partial charge on any atom is 0.417 e. The number of rotatable bonds is 18. The summed E-state index contributed by atoms with van der Waals surface area (Å²) in [6.45, 7) is 0.631. The van der Waals surface area contributed by atoms with Crippen molar-refractivity contribution >= 4 is 38.6 Å². The minimum absolute atomic E-state index is 0.0579. The first kappa shape index (κ1) is 98.7. The third kappa shape index (κ3) is 22.4. The number of benzene rings is 8. The van der Waals surface area contributed by atoms with Crippen molar-refractivity contribution in [1.29, 1.82) is 0 Å². The number of nitrogens with zero attached hydrogens (tertiary/aromatic N) is 20. The highest BCUT2D eigenvalue weighted by molar-refractivity contribution is 9.10. The number of hydrogen-bond donors (Lipinski definition) is 0. The molecule has 8 aliphatic heterocycles. The summed E-state index contributed by atoms with van der Waals surface area (Å²) < 4.78 is 313. The van der Waals surface area contributed by atoms with Gasteiger partial charge in [-0.1, -0.05) is 83.3 Å². The summed E-state index contributed by atoms with van der Waals surface area (Å²) in [7, 11) is 2.61. The van der Waals surface area contributed by atoms with Crippen molar-refractivity contribution in [1.82, 2.24) is 99.4 Å². The minimum Gasteiger partial charge on any atom is -0.497 e. The van der Waals surface area contributed by atoms with Crippen LogP contribution in [-0.2, 0) is 63.2 Å². The van der Waals surface area contributed by atoms with Gasteiger partial charge in [0.25, 0.3) is 0 Å². The Hall–Kier alpha value is -15.9. The molecule has 0 aliphatic carbocycles. The van der Waals surface area contributed by atoms with Crippen LogP contribution >= 0.6 is 38.6 Å². The fourth-order valence-electron chi connectivity index (χ4n) is 14.6. The molecule has 0 atom stereocenters. The van der Waals surface area contributed by atoms with Crippen LogP contribution in [0.2, 0.25) is 0 Å². The zero-order valence-corrected chi connectivity index (χ0v) is 75.6. The SMILES string of the molecule is COc1ccc(-c2nnc(Cn3ccc4cc(-c5ccccc5F)nc-4n3)s2)c(C(F)(F)F)c1.COc1ccc(-c2nnc(Cn3cnc4c(Br)c(-c5ccccc5F)nc-4c3)s2)c(C(F)(F)F)c1.Fc1ccccc1-c1cc2ccn(Cc3ccc(-c4ccc(C(F)(F)F)cc4C(F)(F)F)nn3)nc-2n1.Fc1ccccc1-c1cc2ncn(Cc3ccc(-c4ccc(C(F)(F)F)cc4C(F)(F)F)nn3)cc-2n1. The highest BCUT2D eigenvalue weighted by Gasteiger charge is 2.42. The summed E-state index contributed by atoms with van der Waals surface area (Å²) in [4.78, 5) is 26.4. The van der Waals surface area contributed by atoms with Gasteiger partial charge in [0.2, 0.25) is 0 Å². The van der Waals surface area contributed by atoms with E-state index in [2.05, 4.69) is 96.8 Å². The fraction of sp³-hybridized carbons (Fsp3) is 0.125. The molecule has 20 rings (SSSR count). The van der Waals surface area contributed by atoms with Gasteiger partial charge in [-0.3, -0.25) is 9.36 Å². The van der Waals surface area contributed by atoms with E-state index < -0.39 is 99.0 Å². The molecular weight excluding hydrogens is 2030 g/mol. The molecule has 0 spiro atoms. The van der Waals surface area contributed by atoms with E-state index in [1.165, 1.54) is 98.0 Å². The Labute approximate surface area is 807 Å². The van der Waals surface area contributed by atoms with Crippen LogP contribution in [0.1, 0.15) is 54.8 Å². The summed E-state index contributed by atoms with van der Waals surface area (Å²) in [5.41, 5.74) is -1.73. The van der Waals surface area contributed by atoms with Crippen LogP contribution in [-0.4, -0.2) is 114 Å². The Kier molecular flexibility index (Phi) is 27.6. The number of aromatic nitrogens is 20. The normalized spacial score (nSPS) is 12.1. The summed E-state index contributed by atoms with van der Waals surface area (Å²) >= 11 is 5.54. The lowest BCUT2D eigenvalue weighted by molar-refractivity contribution is -0.144. The third-order valence-corrected chi connectivity index (χ3v) is 24.0. The van der Waals surface area contributed by atoms with E-state index >= 15 is 0 Å². The molecule has 143 heavy (non-hydrogen) atoms. The molecule has 4 aromatic heterocycles. The summed E-state index contributed by atoms with van der Waals surface area (Å²) in [6, 6.07) is 49.1. The van der Waals surface area contributed by atoms with Gasteiger partial charge in [-0.2, -0.15) is 110 Å². The second-order valence-corrected chi connectivity index (χ2v) is 33.9. The molecular formula is C96H57BrF22N20O2S2. The number of alkyl halides is 18. The smallest absolute Gasteiger partial charge is 0.417 e. The molecule has 0 amide bonds. The van der Waals surface area contributed by atoms with Crippen molar-refractivity contribution < 1.29 is 106 Å². The zero-order chi connectivity index (χ0) is 101. The molecule has 0 unspecified atom stereocenters. The number of halogens is 23. The van der Waals surface area contributed by atoms with Crippen LogP contribution < -0.4 is 9.47 Å². The summed E-state index contributed by atoms with van der Waals surface area (Å²) in [5.74, 6) is -0.650. The number of methoxy groups -OCH3 is 2. The highest BCUT2D eigenvalue weighted by atomic mass is 79.9. The second kappa shape index (κ2) is 40.0. The number of ether oxygens (including phenoxy) is 2. The van der Waals surface area contributed by atoms with Crippen molar-refractivity contribution in [2.45, 2.75) is 63.2 Å². The molecule has 0 bridgehead atoms. The van der Waals surface area contributed by atoms with E-state index in [9.17, 15) is 96.6 Å². The van der Waals surface area contributed by atoms with E-state index in [0.717, 1.165) is 52.5 Å². The summed E-state index contributed by atoms with van der Waals surface area (Å²) in [5, 5.41) is 41.5. The van der Waals surface area contributed by atoms with E-state index in [-0.39, 0.29) is 88.2 Å². The number of hydrogen-bond acceptors (Lipinski definition) is 20. The quantitative estimate of drug-likeness (QED) is 0.0725. The largest absolute Gasteiger partial charge is 0.497 e. The molecule has 0 N–H and O–H groups in total. The van der Waals surface area contributed by atoms with Crippen molar-refractivity contribution in [2.75, 3.05) is 14.2 Å².